The molecule has 23 heavy (non-hydrogen) atoms. The lowest BCUT2D eigenvalue weighted by Gasteiger charge is -2.23. The molecule has 0 radical (unpaired) electrons. The lowest BCUT2D eigenvalue weighted by atomic mass is 9.92. The first-order valence-electron chi connectivity index (χ1n) is 8.24. The number of allylic oxidation sites excluding steroid dienone is 2. The molecule has 0 fully saturated rings. The largest absolute Gasteiger partial charge is 0.463 e. The van der Waals surface area contributed by atoms with Crippen LogP contribution in [-0.4, -0.2) is 18.5 Å². The van der Waals surface area contributed by atoms with E-state index < -0.39 is 0 Å². The van der Waals surface area contributed by atoms with Crippen molar-refractivity contribution in [1.82, 2.24) is 5.32 Å². The summed E-state index contributed by atoms with van der Waals surface area (Å²) in [6.07, 6.45) is 5.75. The first kappa shape index (κ1) is 17.3. The van der Waals surface area contributed by atoms with Crippen LogP contribution < -0.4 is 5.32 Å². The standard InChI is InChI=1S/C19H25NO3/c1-14(2)16-11-7-4-8-12-18(21)20-17(13-23-19(16)22)15-9-5-3-6-10-15/h3-7,9-10,14,16-17H,8,11-13H2,1-2H3,(H,20,21)/b7-4+/t16-,17-/m0/s1. The molecule has 0 saturated heterocycles. The fourth-order valence-electron chi connectivity index (χ4n) is 2.66. The highest BCUT2D eigenvalue weighted by molar-refractivity contribution is 5.77. The summed E-state index contributed by atoms with van der Waals surface area (Å²) in [5.74, 6) is -0.140. The summed E-state index contributed by atoms with van der Waals surface area (Å²) in [5.41, 5.74) is 0.947. The number of carbonyl (C=O) groups excluding carboxylic acids is 2. The molecule has 0 aliphatic carbocycles. The first-order valence-corrected chi connectivity index (χ1v) is 8.24. The van der Waals surface area contributed by atoms with Gasteiger partial charge < -0.3 is 10.1 Å². The second kappa shape index (κ2) is 8.51. The van der Waals surface area contributed by atoms with Gasteiger partial charge in [-0.1, -0.05) is 56.3 Å². The van der Waals surface area contributed by atoms with Crippen LogP contribution in [0.2, 0.25) is 0 Å². The van der Waals surface area contributed by atoms with Crippen molar-refractivity contribution in [1.29, 1.82) is 0 Å². The van der Waals surface area contributed by atoms with Gasteiger partial charge in [-0.05, 0) is 24.3 Å². The third-order valence-corrected chi connectivity index (χ3v) is 4.13. The minimum Gasteiger partial charge on any atom is -0.463 e. The molecule has 0 spiro atoms. The summed E-state index contributed by atoms with van der Waals surface area (Å²) < 4.78 is 5.52. The zero-order valence-corrected chi connectivity index (χ0v) is 13.8. The third kappa shape index (κ3) is 5.23. The molecule has 2 rings (SSSR count). The lowest BCUT2D eigenvalue weighted by Crippen LogP contribution is -2.33. The van der Waals surface area contributed by atoms with Crippen molar-refractivity contribution in [2.45, 2.75) is 39.2 Å². The van der Waals surface area contributed by atoms with Crippen molar-refractivity contribution in [3.63, 3.8) is 0 Å². The molecular formula is C19H25NO3. The summed E-state index contributed by atoms with van der Waals surface area (Å²) in [7, 11) is 0. The van der Waals surface area contributed by atoms with Crippen LogP contribution in [0.3, 0.4) is 0 Å². The predicted molar refractivity (Wildman–Crippen MR) is 89.6 cm³/mol. The fraction of sp³-hybridized carbons (Fsp3) is 0.474. The number of cyclic esters (lactones) is 1. The van der Waals surface area contributed by atoms with Crippen molar-refractivity contribution in [2.24, 2.45) is 11.8 Å². The highest BCUT2D eigenvalue weighted by Gasteiger charge is 2.25. The Morgan fingerprint density at radius 2 is 1.87 bits per heavy atom. The van der Waals surface area contributed by atoms with Gasteiger partial charge in [-0.25, -0.2) is 0 Å². The van der Waals surface area contributed by atoms with Crippen molar-refractivity contribution in [2.75, 3.05) is 6.61 Å². The van der Waals surface area contributed by atoms with Gasteiger partial charge in [0.25, 0.3) is 0 Å². The van der Waals surface area contributed by atoms with E-state index in [0.717, 1.165) is 5.56 Å². The fourth-order valence-corrected chi connectivity index (χ4v) is 2.66. The maximum Gasteiger partial charge on any atom is 0.309 e. The highest BCUT2D eigenvalue weighted by atomic mass is 16.5. The summed E-state index contributed by atoms with van der Waals surface area (Å²) in [4.78, 5) is 24.4. The van der Waals surface area contributed by atoms with E-state index in [4.69, 9.17) is 4.74 Å². The SMILES string of the molecule is CC(C)[C@@H]1C/C=C/CCC(=O)N[C@H](c2ccccc2)COC1=O. The van der Waals surface area contributed by atoms with Crippen molar-refractivity contribution in [3.8, 4) is 0 Å². The second-order valence-electron chi connectivity index (χ2n) is 6.26. The molecule has 0 aromatic heterocycles. The van der Waals surface area contributed by atoms with Gasteiger partial charge in [0.1, 0.15) is 6.61 Å². The second-order valence-corrected chi connectivity index (χ2v) is 6.26. The number of nitrogens with one attached hydrogen (secondary N) is 1. The average Bonchev–Trinajstić information content (AvgIpc) is 2.53. The number of hydrogen-bond donors (Lipinski definition) is 1. The quantitative estimate of drug-likeness (QED) is 0.672. The molecule has 1 N–H and O–H groups in total. The Labute approximate surface area is 137 Å². The Morgan fingerprint density at radius 3 is 2.57 bits per heavy atom. The molecule has 0 bridgehead atoms. The third-order valence-electron chi connectivity index (χ3n) is 4.13. The summed E-state index contributed by atoms with van der Waals surface area (Å²) in [6.45, 7) is 4.23. The average molecular weight is 315 g/mol. The van der Waals surface area contributed by atoms with E-state index >= 15 is 0 Å². The Bertz CT molecular complexity index is 551. The van der Waals surface area contributed by atoms with Crippen LogP contribution in [0.1, 0.15) is 44.7 Å². The zero-order valence-electron chi connectivity index (χ0n) is 13.8. The molecule has 1 aliphatic rings. The lowest BCUT2D eigenvalue weighted by molar-refractivity contribution is -0.151. The maximum absolute atomic E-state index is 12.4. The van der Waals surface area contributed by atoms with Crippen molar-refractivity contribution < 1.29 is 14.3 Å². The van der Waals surface area contributed by atoms with Gasteiger partial charge in [0, 0.05) is 6.42 Å². The molecular weight excluding hydrogens is 290 g/mol. The molecule has 1 heterocycles. The van der Waals surface area contributed by atoms with E-state index in [0.29, 0.717) is 19.3 Å². The van der Waals surface area contributed by atoms with E-state index in [1.165, 1.54) is 0 Å². The normalized spacial score (nSPS) is 25.0. The van der Waals surface area contributed by atoms with Crippen molar-refractivity contribution in [3.05, 3.63) is 48.0 Å². The number of esters is 1. The van der Waals surface area contributed by atoms with E-state index in [2.05, 4.69) is 5.32 Å². The molecule has 2 atom stereocenters. The van der Waals surface area contributed by atoms with Crippen LogP contribution in [0.25, 0.3) is 0 Å². The molecule has 1 aromatic carbocycles. The number of carbonyl (C=O) groups is 2. The first-order chi connectivity index (χ1) is 11.1. The van der Waals surface area contributed by atoms with Gasteiger partial charge in [0.15, 0.2) is 0 Å². The van der Waals surface area contributed by atoms with Gasteiger partial charge in [-0.2, -0.15) is 0 Å². The minimum atomic E-state index is -0.302. The van der Waals surface area contributed by atoms with E-state index in [-0.39, 0.29) is 36.4 Å². The molecule has 124 valence electrons. The van der Waals surface area contributed by atoms with Gasteiger partial charge in [-0.3, -0.25) is 9.59 Å². The predicted octanol–water partition coefficient (Wildman–Crippen LogP) is 3.40. The maximum atomic E-state index is 12.4. The Balaban J connectivity index is 2.17. The molecule has 0 saturated carbocycles. The van der Waals surface area contributed by atoms with Crippen LogP contribution in [0.15, 0.2) is 42.5 Å². The molecule has 1 amide bonds. The van der Waals surface area contributed by atoms with Crippen LogP contribution in [0, 0.1) is 11.8 Å². The van der Waals surface area contributed by atoms with E-state index in [9.17, 15) is 9.59 Å². The van der Waals surface area contributed by atoms with Gasteiger partial charge in [0.05, 0.1) is 12.0 Å². The number of hydrogen-bond acceptors (Lipinski definition) is 3. The van der Waals surface area contributed by atoms with Crippen LogP contribution in [0.4, 0.5) is 0 Å². The van der Waals surface area contributed by atoms with Gasteiger partial charge in [-0.15, -0.1) is 0 Å². The Hall–Kier alpha value is -2.10. The number of ether oxygens (including phenoxy) is 1. The smallest absolute Gasteiger partial charge is 0.309 e. The van der Waals surface area contributed by atoms with Gasteiger partial charge in [0.2, 0.25) is 5.91 Å². The van der Waals surface area contributed by atoms with Gasteiger partial charge >= 0.3 is 5.97 Å². The van der Waals surface area contributed by atoms with Crippen LogP contribution in [0.5, 0.6) is 0 Å². The molecule has 1 aromatic rings. The minimum absolute atomic E-state index is 0.0273. The topological polar surface area (TPSA) is 55.4 Å². The van der Waals surface area contributed by atoms with E-state index in [1.54, 1.807) is 0 Å². The molecule has 1 aliphatic heterocycles. The van der Waals surface area contributed by atoms with E-state index in [1.807, 2.05) is 56.3 Å². The summed E-state index contributed by atoms with van der Waals surface area (Å²) >= 11 is 0. The highest BCUT2D eigenvalue weighted by Crippen LogP contribution is 2.21. The van der Waals surface area contributed by atoms with Crippen molar-refractivity contribution >= 4 is 11.9 Å². The molecule has 4 nitrogen and oxygen atoms in total. The number of amides is 1. The molecule has 4 heteroatoms. The zero-order chi connectivity index (χ0) is 16.7. The Morgan fingerprint density at radius 1 is 1.13 bits per heavy atom. The summed E-state index contributed by atoms with van der Waals surface area (Å²) in [5, 5.41) is 2.97. The summed E-state index contributed by atoms with van der Waals surface area (Å²) in [6, 6.07) is 9.32. The van der Waals surface area contributed by atoms with Crippen LogP contribution >= 0.6 is 0 Å². The number of rotatable bonds is 2. The number of benzene rings is 1. The van der Waals surface area contributed by atoms with Crippen LogP contribution in [-0.2, 0) is 14.3 Å². The monoisotopic (exact) mass is 315 g/mol. The Kier molecular flexibility index (Phi) is 6.39. The molecule has 0 unspecified atom stereocenters.